The third kappa shape index (κ3) is 3.06. The lowest BCUT2D eigenvalue weighted by atomic mass is 9.98. The standard InChI is InChI=1S/C14H18BrClN4/c1-8-4-5-12(15)11(6-8)13(18-17)7-10-9(2)19-20(3)14(10)16/h4-6,13,18H,7,17H2,1-3H3. The summed E-state index contributed by atoms with van der Waals surface area (Å²) < 4.78 is 2.72. The van der Waals surface area contributed by atoms with E-state index in [-0.39, 0.29) is 6.04 Å². The number of benzene rings is 1. The molecule has 1 atom stereocenters. The Hall–Kier alpha value is -0.880. The minimum atomic E-state index is -0.0234. The van der Waals surface area contributed by atoms with Gasteiger partial charge >= 0.3 is 0 Å². The summed E-state index contributed by atoms with van der Waals surface area (Å²) >= 11 is 9.87. The molecule has 0 radical (unpaired) electrons. The van der Waals surface area contributed by atoms with Crippen molar-refractivity contribution in [2.45, 2.75) is 26.3 Å². The molecule has 0 saturated carbocycles. The first-order valence-electron chi connectivity index (χ1n) is 6.34. The third-order valence-electron chi connectivity index (χ3n) is 3.41. The molecule has 4 nitrogen and oxygen atoms in total. The number of rotatable bonds is 4. The SMILES string of the molecule is Cc1ccc(Br)c(C(Cc2c(C)nn(C)c2Cl)NN)c1. The largest absolute Gasteiger partial charge is 0.271 e. The Kier molecular flexibility index (Phi) is 4.86. The summed E-state index contributed by atoms with van der Waals surface area (Å²) in [6, 6.07) is 6.19. The van der Waals surface area contributed by atoms with E-state index >= 15 is 0 Å². The fraction of sp³-hybridized carbons (Fsp3) is 0.357. The highest BCUT2D eigenvalue weighted by molar-refractivity contribution is 9.10. The van der Waals surface area contributed by atoms with Crippen LogP contribution in [0.1, 0.15) is 28.4 Å². The average molecular weight is 358 g/mol. The van der Waals surface area contributed by atoms with Crippen molar-refractivity contribution in [1.29, 1.82) is 0 Å². The van der Waals surface area contributed by atoms with E-state index in [2.05, 4.69) is 45.5 Å². The highest BCUT2D eigenvalue weighted by atomic mass is 79.9. The van der Waals surface area contributed by atoms with Crippen LogP contribution in [0.3, 0.4) is 0 Å². The summed E-state index contributed by atoms with van der Waals surface area (Å²) in [5.74, 6) is 5.74. The maximum Gasteiger partial charge on any atom is 0.130 e. The van der Waals surface area contributed by atoms with Crippen LogP contribution in [0.4, 0.5) is 0 Å². The zero-order valence-corrected chi connectivity index (χ0v) is 14.1. The summed E-state index contributed by atoms with van der Waals surface area (Å²) in [7, 11) is 1.84. The predicted octanol–water partition coefficient (Wildman–Crippen LogP) is 3.20. The molecule has 0 aliphatic carbocycles. The molecule has 0 fully saturated rings. The van der Waals surface area contributed by atoms with Gasteiger partial charge < -0.3 is 0 Å². The first kappa shape index (κ1) is 15.5. The van der Waals surface area contributed by atoms with E-state index in [1.807, 2.05) is 20.0 Å². The van der Waals surface area contributed by atoms with Crippen LogP contribution in [0.25, 0.3) is 0 Å². The Labute approximate surface area is 132 Å². The number of hydrazine groups is 1. The van der Waals surface area contributed by atoms with Gasteiger partial charge in [0.25, 0.3) is 0 Å². The Morgan fingerprint density at radius 1 is 1.45 bits per heavy atom. The van der Waals surface area contributed by atoms with Crippen molar-refractivity contribution < 1.29 is 0 Å². The fourth-order valence-electron chi connectivity index (χ4n) is 2.30. The molecule has 1 heterocycles. The number of nitrogens with zero attached hydrogens (tertiary/aromatic N) is 2. The van der Waals surface area contributed by atoms with Crippen LogP contribution in [0.2, 0.25) is 5.15 Å². The molecular weight excluding hydrogens is 340 g/mol. The van der Waals surface area contributed by atoms with Gasteiger partial charge in [0.05, 0.1) is 11.7 Å². The van der Waals surface area contributed by atoms with Crippen molar-refractivity contribution in [2.24, 2.45) is 12.9 Å². The van der Waals surface area contributed by atoms with Crippen LogP contribution in [-0.2, 0) is 13.5 Å². The minimum absolute atomic E-state index is 0.0234. The third-order valence-corrected chi connectivity index (χ3v) is 4.60. The van der Waals surface area contributed by atoms with Crippen molar-refractivity contribution >= 4 is 27.5 Å². The summed E-state index contributed by atoms with van der Waals surface area (Å²) in [6.45, 7) is 4.02. The van der Waals surface area contributed by atoms with Gasteiger partial charge in [0.15, 0.2) is 0 Å². The average Bonchev–Trinajstić information content (AvgIpc) is 2.65. The van der Waals surface area contributed by atoms with E-state index in [1.54, 1.807) is 4.68 Å². The normalized spacial score (nSPS) is 12.7. The lowest BCUT2D eigenvalue weighted by Crippen LogP contribution is -2.30. The molecule has 0 amide bonds. The van der Waals surface area contributed by atoms with Crippen molar-refractivity contribution in [3.63, 3.8) is 0 Å². The zero-order valence-electron chi connectivity index (χ0n) is 11.7. The highest BCUT2D eigenvalue weighted by Crippen LogP contribution is 2.30. The molecule has 0 saturated heterocycles. The second kappa shape index (κ2) is 6.26. The molecule has 0 aliphatic rings. The van der Waals surface area contributed by atoms with Crippen molar-refractivity contribution in [3.8, 4) is 0 Å². The summed E-state index contributed by atoms with van der Waals surface area (Å²) in [5, 5.41) is 4.99. The molecule has 20 heavy (non-hydrogen) atoms. The van der Waals surface area contributed by atoms with Crippen LogP contribution < -0.4 is 11.3 Å². The number of halogens is 2. The molecule has 108 valence electrons. The topological polar surface area (TPSA) is 55.9 Å². The predicted molar refractivity (Wildman–Crippen MR) is 85.6 cm³/mol. The summed E-state index contributed by atoms with van der Waals surface area (Å²) in [5.41, 5.74) is 7.13. The molecule has 2 aromatic rings. The second-order valence-corrected chi connectivity index (χ2v) is 6.14. The van der Waals surface area contributed by atoms with Gasteiger partial charge in [-0.15, -0.1) is 0 Å². The number of aryl methyl sites for hydroxylation is 3. The Morgan fingerprint density at radius 2 is 2.15 bits per heavy atom. The van der Waals surface area contributed by atoms with Crippen LogP contribution in [0.5, 0.6) is 0 Å². The van der Waals surface area contributed by atoms with Crippen LogP contribution in [0, 0.1) is 13.8 Å². The Bertz CT molecular complexity index is 624. The smallest absolute Gasteiger partial charge is 0.130 e. The van der Waals surface area contributed by atoms with Gasteiger partial charge in [-0.3, -0.25) is 16.0 Å². The fourth-order valence-corrected chi connectivity index (χ4v) is 3.07. The molecule has 1 unspecified atom stereocenters. The molecule has 2 rings (SSSR count). The molecule has 1 aromatic carbocycles. The Morgan fingerprint density at radius 3 is 2.70 bits per heavy atom. The monoisotopic (exact) mass is 356 g/mol. The number of aromatic nitrogens is 2. The lowest BCUT2D eigenvalue weighted by Gasteiger charge is -2.18. The highest BCUT2D eigenvalue weighted by Gasteiger charge is 2.19. The number of hydrogen-bond acceptors (Lipinski definition) is 3. The van der Waals surface area contributed by atoms with Gasteiger partial charge in [-0.05, 0) is 31.9 Å². The molecular formula is C14H18BrClN4. The van der Waals surface area contributed by atoms with Crippen molar-refractivity contribution in [2.75, 3.05) is 0 Å². The molecule has 1 aromatic heterocycles. The van der Waals surface area contributed by atoms with E-state index < -0.39 is 0 Å². The molecule has 3 N–H and O–H groups in total. The molecule has 0 bridgehead atoms. The van der Waals surface area contributed by atoms with Gasteiger partial charge in [0.1, 0.15) is 5.15 Å². The van der Waals surface area contributed by atoms with Gasteiger partial charge in [-0.2, -0.15) is 5.10 Å². The van der Waals surface area contributed by atoms with Gasteiger partial charge in [0, 0.05) is 17.1 Å². The zero-order chi connectivity index (χ0) is 14.9. The first-order valence-corrected chi connectivity index (χ1v) is 7.51. The van der Waals surface area contributed by atoms with Gasteiger partial charge in [0.2, 0.25) is 0 Å². The van der Waals surface area contributed by atoms with E-state index in [9.17, 15) is 0 Å². The van der Waals surface area contributed by atoms with Crippen LogP contribution in [0.15, 0.2) is 22.7 Å². The van der Waals surface area contributed by atoms with Crippen molar-refractivity contribution in [1.82, 2.24) is 15.2 Å². The first-order chi connectivity index (χ1) is 9.43. The quantitative estimate of drug-likeness (QED) is 0.652. The van der Waals surface area contributed by atoms with E-state index in [1.165, 1.54) is 5.56 Å². The lowest BCUT2D eigenvalue weighted by molar-refractivity contribution is 0.548. The van der Waals surface area contributed by atoms with Crippen LogP contribution >= 0.6 is 27.5 Å². The van der Waals surface area contributed by atoms with Crippen molar-refractivity contribution in [3.05, 3.63) is 50.2 Å². The molecule has 6 heteroatoms. The molecule has 0 spiro atoms. The van der Waals surface area contributed by atoms with Crippen LogP contribution in [-0.4, -0.2) is 9.78 Å². The number of hydrogen-bond donors (Lipinski definition) is 2. The van der Waals surface area contributed by atoms with Gasteiger partial charge in [-0.1, -0.05) is 45.2 Å². The number of nitrogens with two attached hydrogens (primary N) is 1. The van der Waals surface area contributed by atoms with Gasteiger partial charge in [-0.25, -0.2) is 0 Å². The maximum atomic E-state index is 6.29. The van der Waals surface area contributed by atoms with E-state index in [4.69, 9.17) is 17.4 Å². The minimum Gasteiger partial charge on any atom is -0.271 e. The molecule has 0 aliphatic heterocycles. The summed E-state index contributed by atoms with van der Waals surface area (Å²) in [4.78, 5) is 0. The second-order valence-electron chi connectivity index (χ2n) is 4.93. The summed E-state index contributed by atoms with van der Waals surface area (Å²) in [6.07, 6.45) is 0.692. The van der Waals surface area contributed by atoms with E-state index in [0.29, 0.717) is 11.6 Å². The number of nitrogens with one attached hydrogen (secondary N) is 1. The maximum absolute atomic E-state index is 6.29. The van der Waals surface area contributed by atoms with E-state index in [0.717, 1.165) is 21.3 Å². The Balaban J connectivity index is 2.36.